The maximum atomic E-state index is 12.3. The fourth-order valence-electron chi connectivity index (χ4n) is 1.78. The van der Waals surface area contributed by atoms with Gasteiger partial charge in [0, 0.05) is 0 Å². The molecule has 2 rings (SSSR count). The quantitative estimate of drug-likeness (QED) is 0.867. The highest BCUT2D eigenvalue weighted by Gasteiger charge is 2.19. The standard InChI is InChI=1S/C12H14N2O2S2/c1-8-4-5-11(9(2)6-8)18(15,16)7-12-14-13-10(3)17-12/h4-6H,7H2,1-3H3. The van der Waals surface area contributed by atoms with Gasteiger partial charge in [0.25, 0.3) is 0 Å². The Labute approximate surface area is 111 Å². The van der Waals surface area contributed by atoms with Gasteiger partial charge in [0.1, 0.15) is 15.8 Å². The molecule has 4 nitrogen and oxygen atoms in total. The first-order valence-corrected chi connectivity index (χ1v) is 7.94. The van der Waals surface area contributed by atoms with Crippen molar-refractivity contribution >= 4 is 21.2 Å². The van der Waals surface area contributed by atoms with Crippen molar-refractivity contribution in [3.05, 3.63) is 39.3 Å². The predicted octanol–water partition coefficient (Wildman–Crippen LogP) is 2.44. The molecule has 2 aromatic rings. The number of hydrogen-bond acceptors (Lipinski definition) is 5. The third-order valence-electron chi connectivity index (χ3n) is 2.55. The molecular formula is C12H14N2O2S2. The second-order valence-corrected chi connectivity index (χ2v) is 7.47. The lowest BCUT2D eigenvalue weighted by Gasteiger charge is -2.06. The van der Waals surface area contributed by atoms with E-state index < -0.39 is 9.84 Å². The van der Waals surface area contributed by atoms with E-state index >= 15 is 0 Å². The molecule has 6 heteroatoms. The summed E-state index contributed by atoms with van der Waals surface area (Å²) in [6.45, 7) is 5.56. The van der Waals surface area contributed by atoms with Crippen molar-refractivity contribution in [2.24, 2.45) is 0 Å². The monoisotopic (exact) mass is 282 g/mol. The van der Waals surface area contributed by atoms with Crippen LogP contribution in [0.3, 0.4) is 0 Å². The minimum absolute atomic E-state index is 0.0809. The molecule has 1 heterocycles. The van der Waals surface area contributed by atoms with Gasteiger partial charge in [-0.15, -0.1) is 21.5 Å². The molecule has 96 valence electrons. The van der Waals surface area contributed by atoms with Crippen molar-refractivity contribution in [2.45, 2.75) is 31.4 Å². The van der Waals surface area contributed by atoms with Gasteiger partial charge in [-0.1, -0.05) is 17.7 Å². The molecule has 0 bridgehead atoms. The average molecular weight is 282 g/mol. The first-order valence-electron chi connectivity index (χ1n) is 5.47. The zero-order valence-electron chi connectivity index (χ0n) is 10.5. The Balaban J connectivity index is 2.36. The van der Waals surface area contributed by atoms with Gasteiger partial charge in [0.2, 0.25) is 0 Å². The van der Waals surface area contributed by atoms with Gasteiger partial charge in [-0.3, -0.25) is 0 Å². The molecule has 0 spiro atoms. The molecular weight excluding hydrogens is 268 g/mol. The largest absolute Gasteiger partial charge is 0.223 e. The van der Waals surface area contributed by atoms with Gasteiger partial charge in [-0.2, -0.15) is 0 Å². The van der Waals surface area contributed by atoms with E-state index in [0.29, 0.717) is 9.90 Å². The summed E-state index contributed by atoms with van der Waals surface area (Å²) in [5.74, 6) is -0.0809. The fourth-order valence-corrected chi connectivity index (χ4v) is 4.35. The topological polar surface area (TPSA) is 59.9 Å². The van der Waals surface area contributed by atoms with E-state index in [1.807, 2.05) is 32.9 Å². The smallest absolute Gasteiger partial charge is 0.185 e. The zero-order chi connectivity index (χ0) is 13.3. The minimum atomic E-state index is -3.34. The van der Waals surface area contributed by atoms with E-state index in [1.165, 1.54) is 11.3 Å². The summed E-state index contributed by atoms with van der Waals surface area (Å²) < 4.78 is 24.6. The summed E-state index contributed by atoms with van der Waals surface area (Å²) >= 11 is 1.32. The number of benzene rings is 1. The van der Waals surface area contributed by atoms with Crippen molar-refractivity contribution in [1.29, 1.82) is 0 Å². The van der Waals surface area contributed by atoms with Crippen molar-refractivity contribution in [3.63, 3.8) is 0 Å². The van der Waals surface area contributed by atoms with Crippen LogP contribution in [0.25, 0.3) is 0 Å². The van der Waals surface area contributed by atoms with Gasteiger partial charge in [0.05, 0.1) is 4.90 Å². The number of hydrogen-bond donors (Lipinski definition) is 0. The molecule has 0 atom stereocenters. The van der Waals surface area contributed by atoms with Crippen LogP contribution in [0.1, 0.15) is 21.1 Å². The van der Waals surface area contributed by atoms with Gasteiger partial charge in [-0.05, 0) is 32.4 Å². The molecule has 0 aliphatic carbocycles. The van der Waals surface area contributed by atoms with Crippen LogP contribution >= 0.6 is 11.3 Å². The van der Waals surface area contributed by atoms with Gasteiger partial charge >= 0.3 is 0 Å². The van der Waals surface area contributed by atoms with Gasteiger partial charge in [0.15, 0.2) is 9.84 Å². The summed E-state index contributed by atoms with van der Waals surface area (Å²) in [7, 11) is -3.34. The Bertz CT molecular complexity index is 675. The lowest BCUT2D eigenvalue weighted by atomic mass is 10.2. The van der Waals surface area contributed by atoms with E-state index in [9.17, 15) is 8.42 Å². The molecule has 0 N–H and O–H groups in total. The number of aromatic nitrogens is 2. The van der Waals surface area contributed by atoms with Crippen LogP contribution in [0.2, 0.25) is 0 Å². The number of nitrogens with zero attached hydrogens (tertiary/aromatic N) is 2. The maximum absolute atomic E-state index is 12.3. The van der Waals surface area contributed by atoms with Crippen LogP contribution in [0.4, 0.5) is 0 Å². The highest BCUT2D eigenvalue weighted by Crippen LogP contribution is 2.22. The Kier molecular flexibility index (Phi) is 3.49. The van der Waals surface area contributed by atoms with E-state index in [2.05, 4.69) is 10.2 Å². The molecule has 0 saturated heterocycles. The van der Waals surface area contributed by atoms with E-state index in [0.717, 1.165) is 16.1 Å². The third kappa shape index (κ3) is 2.76. The molecule has 1 aromatic carbocycles. The number of sulfone groups is 1. The van der Waals surface area contributed by atoms with Crippen molar-refractivity contribution in [2.75, 3.05) is 0 Å². The van der Waals surface area contributed by atoms with Gasteiger partial charge in [-0.25, -0.2) is 8.42 Å². The first kappa shape index (κ1) is 13.2. The van der Waals surface area contributed by atoms with E-state index in [4.69, 9.17) is 0 Å². The van der Waals surface area contributed by atoms with Crippen molar-refractivity contribution in [3.8, 4) is 0 Å². The molecule has 0 aliphatic heterocycles. The highest BCUT2D eigenvalue weighted by atomic mass is 32.2. The Morgan fingerprint density at radius 1 is 1.17 bits per heavy atom. The normalized spacial score (nSPS) is 11.7. The molecule has 18 heavy (non-hydrogen) atoms. The van der Waals surface area contributed by atoms with Crippen LogP contribution in [0.5, 0.6) is 0 Å². The Morgan fingerprint density at radius 2 is 1.89 bits per heavy atom. The number of aryl methyl sites for hydroxylation is 3. The first-order chi connectivity index (χ1) is 8.38. The average Bonchev–Trinajstić information content (AvgIpc) is 2.62. The summed E-state index contributed by atoms with van der Waals surface area (Å²) in [6, 6.07) is 5.34. The maximum Gasteiger partial charge on any atom is 0.185 e. The number of rotatable bonds is 3. The second-order valence-electron chi connectivity index (χ2n) is 4.24. The van der Waals surface area contributed by atoms with Crippen LogP contribution in [-0.2, 0) is 15.6 Å². The van der Waals surface area contributed by atoms with Crippen molar-refractivity contribution in [1.82, 2.24) is 10.2 Å². The van der Waals surface area contributed by atoms with E-state index in [1.54, 1.807) is 6.07 Å². The lowest BCUT2D eigenvalue weighted by Crippen LogP contribution is -2.06. The van der Waals surface area contributed by atoms with E-state index in [-0.39, 0.29) is 5.75 Å². The fraction of sp³-hybridized carbons (Fsp3) is 0.333. The van der Waals surface area contributed by atoms with Crippen LogP contribution < -0.4 is 0 Å². The predicted molar refractivity (Wildman–Crippen MR) is 71.5 cm³/mol. The van der Waals surface area contributed by atoms with Crippen LogP contribution in [-0.4, -0.2) is 18.6 Å². The molecule has 0 unspecified atom stereocenters. The second kappa shape index (κ2) is 4.78. The molecule has 1 aromatic heterocycles. The minimum Gasteiger partial charge on any atom is -0.223 e. The Morgan fingerprint density at radius 3 is 2.44 bits per heavy atom. The van der Waals surface area contributed by atoms with Gasteiger partial charge < -0.3 is 0 Å². The molecule has 0 aliphatic rings. The van der Waals surface area contributed by atoms with Crippen LogP contribution in [0.15, 0.2) is 23.1 Å². The SMILES string of the molecule is Cc1ccc(S(=O)(=O)Cc2nnc(C)s2)c(C)c1. The summed E-state index contributed by atoms with van der Waals surface area (Å²) in [4.78, 5) is 0.376. The van der Waals surface area contributed by atoms with Crippen molar-refractivity contribution < 1.29 is 8.42 Å². The summed E-state index contributed by atoms with van der Waals surface area (Å²) in [5, 5.41) is 9.01. The molecule has 0 amide bonds. The Hall–Kier alpha value is -1.27. The lowest BCUT2D eigenvalue weighted by molar-refractivity contribution is 0.594. The zero-order valence-corrected chi connectivity index (χ0v) is 12.1. The summed E-state index contributed by atoms with van der Waals surface area (Å²) in [5.41, 5.74) is 1.83. The summed E-state index contributed by atoms with van der Waals surface area (Å²) in [6.07, 6.45) is 0. The highest BCUT2D eigenvalue weighted by molar-refractivity contribution is 7.90. The molecule has 0 fully saturated rings. The molecule has 0 radical (unpaired) electrons. The third-order valence-corrected chi connectivity index (χ3v) is 5.35. The van der Waals surface area contributed by atoms with Crippen LogP contribution in [0, 0.1) is 20.8 Å². The molecule has 0 saturated carbocycles.